The summed E-state index contributed by atoms with van der Waals surface area (Å²) in [5, 5.41) is 10.1. The van der Waals surface area contributed by atoms with Crippen LogP contribution in [-0.2, 0) is 17.9 Å². The lowest BCUT2D eigenvalue weighted by Crippen LogP contribution is -2.44. The van der Waals surface area contributed by atoms with Gasteiger partial charge in [0.1, 0.15) is 0 Å². The van der Waals surface area contributed by atoms with E-state index in [1.54, 1.807) is 7.05 Å². The molecule has 7 nitrogen and oxygen atoms in total. The third-order valence-corrected chi connectivity index (χ3v) is 4.96. The van der Waals surface area contributed by atoms with Crippen LogP contribution < -0.4 is 10.6 Å². The molecule has 3 amide bonds. The van der Waals surface area contributed by atoms with Gasteiger partial charge in [0.05, 0.1) is 18.8 Å². The third-order valence-electron chi connectivity index (χ3n) is 4.96. The summed E-state index contributed by atoms with van der Waals surface area (Å²) in [7, 11) is 1.66. The maximum absolute atomic E-state index is 12.4. The van der Waals surface area contributed by atoms with E-state index in [0.29, 0.717) is 38.5 Å². The number of rotatable bonds is 6. The number of hydrogen-bond donors (Lipinski definition) is 2. The molecule has 0 unspecified atom stereocenters. The molecule has 1 aliphatic heterocycles. The Morgan fingerprint density at radius 3 is 2.59 bits per heavy atom. The quantitative estimate of drug-likeness (QED) is 0.817. The van der Waals surface area contributed by atoms with Crippen molar-refractivity contribution in [1.82, 2.24) is 25.3 Å². The summed E-state index contributed by atoms with van der Waals surface area (Å²) in [6.07, 6.45) is 4.21. The van der Waals surface area contributed by atoms with Crippen molar-refractivity contribution in [2.75, 3.05) is 20.1 Å². The van der Waals surface area contributed by atoms with Crippen molar-refractivity contribution in [1.29, 1.82) is 0 Å². The van der Waals surface area contributed by atoms with Crippen molar-refractivity contribution in [3.05, 3.63) is 53.9 Å². The standard InChI is InChI=1S/C20H27N5O2/c1-21-19(26)13-16-7-10-24(11-8-16)20(27)22-14-18-9-12-25(23-18)15-17-5-3-2-4-6-17/h2-6,9,12,16H,7-8,10-11,13-15H2,1H3,(H,21,26)(H,22,27). The van der Waals surface area contributed by atoms with E-state index in [1.807, 2.05) is 40.0 Å². The fourth-order valence-electron chi connectivity index (χ4n) is 3.34. The molecule has 2 heterocycles. The molecule has 2 aromatic rings. The van der Waals surface area contributed by atoms with Crippen LogP contribution in [0.4, 0.5) is 4.79 Å². The summed E-state index contributed by atoms with van der Waals surface area (Å²) in [6.45, 7) is 2.51. The first-order valence-electron chi connectivity index (χ1n) is 9.43. The maximum atomic E-state index is 12.4. The number of piperidine rings is 1. The second-order valence-electron chi connectivity index (χ2n) is 6.96. The highest BCUT2D eigenvalue weighted by Gasteiger charge is 2.24. The fraction of sp³-hybridized carbons (Fsp3) is 0.450. The van der Waals surface area contributed by atoms with Crippen LogP contribution in [0.2, 0.25) is 0 Å². The van der Waals surface area contributed by atoms with E-state index >= 15 is 0 Å². The zero-order valence-electron chi connectivity index (χ0n) is 15.7. The SMILES string of the molecule is CNC(=O)CC1CCN(C(=O)NCc2ccn(Cc3ccccc3)n2)CC1. The number of aromatic nitrogens is 2. The van der Waals surface area contributed by atoms with E-state index in [2.05, 4.69) is 27.9 Å². The van der Waals surface area contributed by atoms with E-state index in [9.17, 15) is 9.59 Å². The molecule has 0 radical (unpaired) electrons. The number of urea groups is 1. The summed E-state index contributed by atoms with van der Waals surface area (Å²) < 4.78 is 1.88. The molecule has 0 bridgehead atoms. The van der Waals surface area contributed by atoms with E-state index in [-0.39, 0.29) is 11.9 Å². The van der Waals surface area contributed by atoms with Crippen LogP contribution in [0.3, 0.4) is 0 Å². The van der Waals surface area contributed by atoms with Gasteiger partial charge in [0.2, 0.25) is 5.91 Å². The minimum atomic E-state index is -0.0639. The Labute approximate surface area is 159 Å². The number of carbonyl (C=O) groups is 2. The largest absolute Gasteiger partial charge is 0.359 e. The molecule has 1 saturated heterocycles. The average Bonchev–Trinajstić information content (AvgIpc) is 3.14. The fourth-order valence-corrected chi connectivity index (χ4v) is 3.34. The lowest BCUT2D eigenvalue weighted by molar-refractivity contribution is -0.121. The normalized spacial score (nSPS) is 14.8. The lowest BCUT2D eigenvalue weighted by atomic mass is 9.93. The predicted octanol–water partition coefficient (Wildman–Crippen LogP) is 1.99. The summed E-state index contributed by atoms with van der Waals surface area (Å²) in [4.78, 5) is 25.6. The number of nitrogens with zero attached hydrogens (tertiary/aromatic N) is 3. The van der Waals surface area contributed by atoms with E-state index in [4.69, 9.17) is 0 Å². The van der Waals surface area contributed by atoms with Crippen LogP contribution in [0.1, 0.15) is 30.5 Å². The van der Waals surface area contributed by atoms with Gasteiger partial charge in [-0.25, -0.2) is 4.79 Å². The van der Waals surface area contributed by atoms with Crippen molar-refractivity contribution < 1.29 is 9.59 Å². The zero-order chi connectivity index (χ0) is 19.1. The smallest absolute Gasteiger partial charge is 0.317 e. The molecule has 144 valence electrons. The van der Waals surface area contributed by atoms with Crippen molar-refractivity contribution in [2.24, 2.45) is 5.92 Å². The highest BCUT2D eigenvalue weighted by Crippen LogP contribution is 2.20. The van der Waals surface area contributed by atoms with Gasteiger partial charge in [-0.15, -0.1) is 0 Å². The van der Waals surface area contributed by atoms with Crippen LogP contribution in [0, 0.1) is 5.92 Å². The summed E-state index contributed by atoms with van der Waals surface area (Å²) in [5.41, 5.74) is 2.03. The first kappa shape index (κ1) is 18.9. The van der Waals surface area contributed by atoms with Crippen molar-refractivity contribution >= 4 is 11.9 Å². The van der Waals surface area contributed by atoms with Gasteiger partial charge in [-0.05, 0) is 30.4 Å². The molecule has 0 spiro atoms. The molecule has 1 aromatic carbocycles. The molecular formula is C20H27N5O2. The minimum Gasteiger partial charge on any atom is -0.359 e. The molecule has 1 aromatic heterocycles. The second-order valence-corrected chi connectivity index (χ2v) is 6.96. The first-order valence-corrected chi connectivity index (χ1v) is 9.43. The highest BCUT2D eigenvalue weighted by molar-refractivity contribution is 5.76. The predicted molar refractivity (Wildman–Crippen MR) is 103 cm³/mol. The van der Waals surface area contributed by atoms with Crippen LogP contribution in [-0.4, -0.2) is 46.8 Å². The van der Waals surface area contributed by atoms with Crippen molar-refractivity contribution in [2.45, 2.75) is 32.4 Å². The Bertz CT molecular complexity index is 751. The summed E-state index contributed by atoms with van der Waals surface area (Å²) in [5.74, 6) is 0.437. The average molecular weight is 369 g/mol. The molecule has 1 fully saturated rings. The van der Waals surface area contributed by atoms with Gasteiger partial charge in [-0.2, -0.15) is 5.10 Å². The van der Waals surface area contributed by atoms with Gasteiger partial charge in [-0.3, -0.25) is 9.48 Å². The summed E-state index contributed by atoms with van der Waals surface area (Å²) >= 11 is 0. The number of hydrogen-bond acceptors (Lipinski definition) is 3. The number of carbonyl (C=O) groups excluding carboxylic acids is 2. The number of nitrogens with one attached hydrogen (secondary N) is 2. The lowest BCUT2D eigenvalue weighted by Gasteiger charge is -2.31. The van der Waals surface area contributed by atoms with Gasteiger partial charge in [0.25, 0.3) is 0 Å². The maximum Gasteiger partial charge on any atom is 0.317 e. The molecule has 2 N–H and O–H groups in total. The Balaban J connectivity index is 1.41. The van der Waals surface area contributed by atoms with Crippen LogP contribution in [0.5, 0.6) is 0 Å². The van der Waals surface area contributed by atoms with Crippen molar-refractivity contribution in [3.8, 4) is 0 Å². The van der Waals surface area contributed by atoms with Crippen LogP contribution in [0.25, 0.3) is 0 Å². The topological polar surface area (TPSA) is 79.3 Å². The number of benzene rings is 1. The Kier molecular flexibility index (Phi) is 6.46. The zero-order valence-corrected chi connectivity index (χ0v) is 15.7. The van der Waals surface area contributed by atoms with Gasteiger partial charge < -0.3 is 15.5 Å². The highest BCUT2D eigenvalue weighted by atomic mass is 16.2. The number of likely N-dealkylation sites (tertiary alicyclic amines) is 1. The third kappa shape index (κ3) is 5.57. The minimum absolute atomic E-state index is 0.0639. The van der Waals surface area contributed by atoms with E-state index in [1.165, 1.54) is 5.56 Å². The molecule has 0 saturated carbocycles. The monoisotopic (exact) mass is 369 g/mol. The molecule has 3 rings (SSSR count). The van der Waals surface area contributed by atoms with E-state index < -0.39 is 0 Å². The van der Waals surface area contributed by atoms with Crippen LogP contribution >= 0.6 is 0 Å². The van der Waals surface area contributed by atoms with Gasteiger partial charge in [0.15, 0.2) is 0 Å². The molecule has 1 aliphatic rings. The van der Waals surface area contributed by atoms with Gasteiger partial charge in [-0.1, -0.05) is 30.3 Å². The summed E-state index contributed by atoms with van der Waals surface area (Å²) in [6, 6.07) is 12.0. The number of amides is 3. The molecule has 7 heteroatoms. The Morgan fingerprint density at radius 1 is 1.15 bits per heavy atom. The van der Waals surface area contributed by atoms with E-state index in [0.717, 1.165) is 18.5 Å². The van der Waals surface area contributed by atoms with Gasteiger partial charge in [0, 0.05) is 32.8 Å². The molecular weight excluding hydrogens is 342 g/mol. The Morgan fingerprint density at radius 2 is 1.89 bits per heavy atom. The van der Waals surface area contributed by atoms with Crippen LogP contribution in [0.15, 0.2) is 42.6 Å². The van der Waals surface area contributed by atoms with Gasteiger partial charge >= 0.3 is 6.03 Å². The molecule has 0 aliphatic carbocycles. The second kappa shape index (κ2) is 9.21. The van der Waals surface area contributed by atoms with Crippen molar-refractivity contribution in [3.63, 3.8) is 0 Å². The molecule has 27 heavy (non-hydrogen) atoms. The Hall–Kier alpha value is -2.83. The molecule has 0 atom stereocenters. The first-order chi connectivity index (χ1) is 13.1.